The molecule has 2 aromatic heterocycles. The minimum atomic E-state index is -3.65. The molecular formula is C19H16N4O4S2. The van der Waals surface area contributed by atoms with Crippen molar-refractivity contribution in [3.05, 3.63) is 53.8 Å². The van der Waals surface area contributed by atoms with E-state index in [0.29, 0.717) is 11.5 Å². The summed E-state index contributed by atoms with van der Waals surface area (Å²) in [4.78, 5) is 16.2. The SMILES string of the molecule is CC(C)S(=O)(=O)c1nsc(NC(=O)/C(C#N)=C\c2ccc(-c3ccccc3)o2)n1. The molecule has 29 heavy (non-hydrogen) atoms. The summed E-state index contributed by atoms with van der Waals surface area (Å²) in [6.07, 6.45) is 1.30. The fourth-order valence-corrected chi connectivity index (χ4v) is 3.93. The van der Waals surface area contributed by atoms with Gasteiger partial charge in [-0.1, -0.05) is 30.3 Å². The number of carbonyl (C=O) groups is 1. The average Bonchev–Trinajstić information content (AvgIpc) is 3.36. The van der Waals surface area contributed by atoms with Crippen molar-refractivity contribution in [3.8, 4) is 17.4 Å². The lowest BCUT2D eigenvalue weighted by molar-refractivity contribution is -0.112. The van der Waals surface area contributed by atoms with E-state index < -0.39 is 21.0 Å². The molecule has 1 aromatic carbocycles. The van der Waals surface area contributed by atoms with Crippen LogP contribution in [0.15, 0.2) is 57.6 Å². The zero-order valence-electron chi connectivity index (χ0n) is 15.5. The maximum absolute atomic E-state index is 12.4. The van der Waals surface area contributed by atoms with Crippen molar-refractivity contribution >= 4 is 38.5 Å². The molecule has 0 aliphatic heterocycles. The lowest BCUT2D eigenvalue weighted by Crippen LogP contribution is -2.16. The normalized spacial score (nSPS) is 12.0. The Morgan fingerprint density at radius 2 is 1.97 bits per heavy atom. The zero-order chi connectivity index (χ0) is 21.0. The van der Waals surface area contributed by atoms with Crippen molar-refractivity contribution < 1.29 is 17.6 Å². The Labute approximate surface area is 171 Å². The molecule has 0 atom stereocenters. The minimum Gasteiger partial charge on any atom is -0.457 e. The number of nitrogens with zero attached hydrogens (tertiary/aromatic N) is 3. The van der Waals surface area contributed by atoms with Crippen LogP contribution in [0.5, 0.6) is 0 Å². The first kappa shape index (κ1) is 20.4. The third-order valence-corrected chi connectivity index (χ3v) is 6.52. The van der Waals surface area contributed by atoms with Crippen LogP contribution in [0.3, 0.4) is 0 Å². The topological polar surface area (TPSA) is 126 Å². The second kappa shape index (κ2) is 8.38. The van der Waals surface area contributed by atoms with Crippen molar-refractivity contribution in [3.63, 3.8) is 0 Å². The van der Waals surface area contributed by atoms with E-state index >= 15 is 0 Å². The summed E-state index contributed by atoms with van der Waals surface area (Å²) in [5, 5.41) is 10.7. The molecule has 0 saturated carbocycles. The predicted molar refractivity (Wildman–Crippen MR) is 109 cm³/mol. The lowest BCUT2D eigenvalue weighted by Gasteiger charge is -2.02. The van der Waals surface area contributed by atoms with Gasteiger partial charge in [0, 0.05) is 23.2 Å². The maximum Gasteiger partial charge on any atom is 0.268 e. The van der Waals surface area contributed by atoms with Crippen LogP contribution in [0.2, 0.25) is 0 Å². The van der Waals surface area contributed by atoms with Gasteiger partial charge in [-0.25, -0.2) is 8.42 Å². The number of hydrogen-bond acceptors (Lipinski definition) is 8. The summed E-state index contributed by atoms with van der Waals surface area (Å²) in [5.74, 6) is 0.188. The number of rotatable bonds is 6. The highest BCUT2D eigenvalue weighted by Gasteiger charge is 2.25. The quantitative estimate of drug-likeness (QED) is 0.470. The van der Waals surface area contributed by atoms with E-state index in [-0.39, 0.29) is 15.9 Å². The molecule has 0 spiro atoms. The molecule has 1 N–H and O–H groups in total. The summed E-state index contributed by atoms with van der Waals surface area (Å²) < 4.78 is 33.6. The highest BCUT2D eigenvalue weighted by Crippen LogP contribution is 2.24. The number of aromatic nitrogens is 2. The third kappa shape index (κ3) is 4.59. The minimum absolute atomic E-state index is 0.0141. The number of benzene rings is 1. The third-order valence-electron chi connectivity index (χ3n) is 3.84. The number of carbonyl (C=O) groups excluding carboxylic acids is 1. The van der Waals surface area contributed by atoms with Gasteiger partial charge >= 0.3 is 0 Å². The van der Waals surface area contributed by atoms with Crippen LogP contribution in [0.4, 0.5) is 5.13 Å². The van der Waals surface area contributed by atoms with E-state index in [2.05, 4.69) is 14.7 Å². The molecule has 10 heteroatoms. The molecule has 3 aromatic rings. The standard InChI is InChI=1S/C19H16N4O4S2/c1-12(2)29(25,26)19-22-18(28-23-19)21-17(24)14(11-20)10-15-8-9-16(27-15)13-6-4-3-5-7-13/h3-10,12H,1-2H3,(H,21,22,23,24)/b14-10-. The monoisotopic (exact) mass is 428 g/mol. The van der Waals surface area contributed by atoms with Gasteiger partial charge in [0.2, 0.25) is 15.0 Å². The second-order valence-electron chi connectivity index (χ2n) is 6.17. The molecule has 0 radical (unpaired) electrons. The summed E-state index contributed by atoms with van der Waals surface area (Å²) in [7, 11) is -3.65. The highest BCUT2D eigenvalue weighted by molar-refractivity contribution is 7.91. The summed E-state index contributed by atoms with van der Waals surface area (Å²) in [6, 6.07) is 14.6. The number of sulfone groups is 1. The predicted octanol–water partition coefficient (Wildman–Crippen LogP) is 3.53. The van der Waals surface area contributed by atoms with Crippen LogP contribution in [-0.4, -0.2) is 28.9 Å². The Hall–Kier alpha value is -3.29. The molecular weight excluding hydrogens is 412 g/mol. The van der Waals surface area contributed by atoms with Gasteiger partial charge < -0.3 is 4.42 Å². The Bertz CT molecular complexity index is 1200. The summed E-state index contributed by atoms with van der Waals surface area (Å²) in [5.41, 5.74) is 0.644. The Morgan fingerprint density at radius 1 is 1.24 bits per heavy atom. The summed E-state index contributed by atoms with van der Waals surface area (Å²) >= 11 is 0.725. The molecule has 0 unspecified atom stereocenters. The van der Waals surface area contributed by atoms with Gasteiger partial charge in [-0.2, -0.15) is 14.6 Å². The molecule has 0 saturated heterocycles. The van der Waals surface area contributed by atoms with Crippen molar-refractivity contribution in [2.24, 2.45) is 0 Å². The van der Waals surface area contributed by atoms with E-state index in [9.17, 15) is 18.5 Å². The molecule has 148 valence electrons. The first-order valence-electron chi connectivity index (χ1n) is 8.47. The van der Waals surface area contributed by atoms with Crippen LogP contribution in [-0.2, 0) is 14.6 Å². The van der Waals surface area contributed by atoms with Gasteiger partial charge in [-0.3, -0.25) is 10.1 Å². The van der Waals surface area contributed by atoms with Crippen LogP contribution in [0, 0.1) is 11.3 Å². The first-order valence-corrected chi connectivity index (χ1v) is 10.8. The van der Waals surface area contributed by atoms with Gasteiger partial charge in [-0.05, 0) is 26.0 Å². The van der Waals surface area contributed by atoms with E-state index in [1.54, 1.807) is 18.2 Å². The summed E-state index contributed by atoms with van der Waals surface area (Å²) in [6.45, 7) is 3.02. The molecule has 0 bridgehead atoms. The van der Waals surface area contributed by atoms with E-state index in [1.807, 2.05) is 30.3 Å². The molecule has 2 heterocycles. The smallest absolute Gasteiger partial charge is 0.268 e. The number of amides is 1. The fraction of sp³-hybridized carbons (Fsp3) is 0.158. The van der Waals surface area contributed by atoms with Crippen molar-refractivity contribution in [1.29, 1.82) is 5.26 Å². The first-order chi connectivity index (χ1) is 13.8. The van der Waals surface area contributed by atoms with E-state index in [4.69, 9.17) is 4.42 Å². The van der Waals surface area contributed by atoms with Crippen LogP contribution in [0.1, 0.15) is 19.6 Å². The Balaban J connectivity index is 1.77. The molecule has 3 rings (SSSR count). The fourth-order valence-electron chi connectivity index (χ4n) is 2.23. The Kier molecular flexibility index (Phi) is 5.91. The zero-order valence-corrected chi connectivity index (χ0v) is 17.1. The van der Waals surface area contributed by atoms with Gasteiger partial charge in [0.05, 0.1) is 5.25 Å². The van der Waals surface area contributed by atoms with Gasteiger partial charge in [-0.15, -0.1) is 0 Å². The van der Waals surface area contributed by atoms with Crippen LogP contribution in [0.25, 0.3) is 17.4 Å². The van der Waals surface area contributed by atoms with Crippen molar-refractivity contribution in [2.45, 2.75) is 24.3 Å². The number of anilines is 1. The number of nitrogens with one attached hydrogen (secondary N) is 1. The lowest BCUT2D eigenvalue weighted by atomic mass is 10.2. The van der Waals surface area contributed by atoms with Crippen molar-refractivity contribution in [1.82, 2.24) is 9.36 Å². The van der Waals surface area contributed by atoms with Gasteiger partial charge in [0.25, 0.3) is 11.1 Å². The molecule has 0 aliphatic carbocycles. The van der Waals surface area contributed by atoms with E-state index in [0.717, 1.165) is 17.1 Å². The average molecular weight is 428 g/mol. The van der Waals surface area contributed by atoms with Crippen LogP contribution >= 0.6 is 11.5 Å². The Morgan fingerprint density at radius 3 is 2.62 bits per heavy atom. The molecule has 1 amide bonds. The largest absolute Gasteiger partial charge is 0.457 e. The molecule has 0 fully saturated rings. The molecule has 0 aliphatic rings. The second-order valence-corrected chi connectivity index (χ2v) is 9.32. The number of nitriles is 1. The van der Waals surface area contributed by atoms with E-state index in [1.165, 1.54) is 19.9 Å². The van der Waals surface area contributed by atoms with Crippen LogP contribution < -0.4 is 5.32 Å². The van der Waals surface area contributed by atoms with Crippen molar-refractivity contribution in [2.75, 3.05) is 5.32 Å². The van der Waals surface area contributed by atoms with Gasteiger partial charge in [0.1, 0.15) is 23.2 Å². The highest BCUT2D eigenvalue weighted by atomic mass is 32.2. The molecule has 8 nitrogen and oxygen atoms in total. The maximum atomic E-state index is 12.4. The van der Waals surface area contributed by atoms with Gasteiger partial charge in [0.15, 0.2) is 0 Å². The number of furan rings is 1. The number of hydrogen-bond donors (Lipinski definition) is 1.